The van der Waals surface area contributed by atoms with Gasteiger partial charge in [-0.05, 0) is 36.8 Å². The highest BCUT2D eigenvalue weighted by molar-refractivity contribution is 5.95. The molecular formula is C26H29N7O3. The van der Waals surface area contributed by atoms with Crippen LogP contribution in [0.5, 0.6) is 5.75 Å². The molecule has 1 aliphatic heterocycles. The molecule has 2 aromatic heterocycles. The van der Waals surface area contributed by atoms with Crippen molar-refractivity contribution in [3.05, 3.63) is 66.6 Å². The molecule has 2 aromatic carbocycles. The quantitative estimate of drug-likeness (QED) is 0.365. The van der Waals surface area contributed by atoms with Crippen molar-refractivity contribution in [3.63, 3.8) is 0 Å². The molecule has 0 aliphatic carbocycles. The van der Waals surface area contributed by atoms with Crippen LogP contribution in [0, 0.1) is 0 Å². The number of nitrogens with one attached hydrogen (secondary N) is 1. The summed E-state index contributed by atoms with van der Waals surface area (Å²) < 4.78 is 7.43. The molecule has 10 nitrogen and oxygen atoms in total. The molecule has 0 unspecified atom stereocenters. The summed E-state index contributed by atoms with van der Waals surface area (Å²) in [6.45, 7) is 3.46. The van der Waals surface area contributed by atoms with Gasteiger partial charge in [0.2, 0.25) is 0 Å². The first-order valence-electron chi connectivity index (χ1n) is 12.0. The standard InChI is InChI=1S/C26H29N7O3/c1-36-23-9-8-19(26(35)27-10-5-15-34)16-22(23)31-11-13-32(14-12-31)24-21-17-30-33(25(21)29-18-28-24)20-6-3-2-4-7-20/h2-4,6-9,16-18,34H,5,10-15H2,1H3,(H,27,35). The van der Waals surface area contributed by atoms with E-state index in [0.717, 1.165) is 60.2 Å². The summed E-state index contributed by atoms with van der Waals surface area (Å²) >= 11 is 0. The van der Waals surface area contributed by atoms with Gasteiger partial charge < -0.3 is 25.0 Å². The molecule has 0 spiro atoms. The second-order valence-corrected chi connectivity index (χ2v) is 8.52. The minimum Gasteiger partial charge on any atom is -0.495 e. The average molecular weight is 488 g/mol. The number of ether oxygens (including phenoxy) is 1. The van der Waals surface area contributed by atoms with Crippen LogP contribution in [0.25, 0.3) is 16.7 Å². The normalized spacial score (nSPS) is 13.7. The lowest BCUT2D eigenvalue weighted by Gasteiger charge is -2.37. The van der Waals surface area contributed by atoms with Crippen LogP contribution in [0.15, 0.2) is 61.1 Å². The largest absolute Gasteiger partial charge is 0.495 e. The number of benzene rings is 2. The molecule has 2 N–H and O–H groups in total. The molecule has 10 heteroatoms. The summed E-state index contributed by atoms with van der Waals surface area (Å²) in [5.41, 5.74) is 3.18. The fourth-order valence-electron chi connectivity index (χ4n) is 4.46. The van der Waals surface area contributed by atoms with E-state index >= 15 is 0 Å². The number of amides is 1. The van der Waals surface area contributed by atoms with E-state index in [0.29, 0.717) is 18.5 Å². The summed E-state index contributed by atoms with van der Waals surface area (Å²) in [4.78, 5) is 26.1. The number of carbonyl (C=O) groups excluding carboxylic acids is 1. The van der Waals surface area contributed by atoms with Crippen LogP contribution in [0.4, 0.5) is 11.5 Å². The number of aromatic nitrogens is 4. The lowest BCUT2D eigenvalue weighted by molar-refractivity contribution is 0.0951. The molecule has 0 atom stereocenters. The van der Waals surface area contributed by atoms with Crippen LogP contribution in [-0.4, -0.2) is 77.2 Å². The number of anilines is 2. The maximum absolute atomic E-state index is 12.5. The number of hydrogen-bond donors (Lipinski definition) is 2. The SMILES string of the molecule is COc1ccc(C(=O)NCCCO)cc1N1CCN(c2ncnc3c2cnn3-c2ccccc2)CC1. The highest BCUT2D eigenvalue weighted by atomic mass is 16.5. The number of aliphatic hydroxyl groups excluding tert-OH is 1. The van der Waals surface area contributed by atoms with Gasteiger partial charge in [0.15, 0.2) is 5.65 Å². The van der Waals surface area contributed by atoms with Gasteiger partial charge in [-0.25, -0.2) is 14.6 Å². The second kappa shape index (κ2) is 10.6. The van der Waals surface area contributed by atoms with Gasteiger partial charge in [0.25, 0.3) is 5.91 Å². The van der Waals surface area contributed by atoms with Gasteiger partial charge in [-0.15, -0.1) is 0 Å². The lowest BCUT2D eigenvalue weighted by atomic mass is 10.1. The van der Waals surface area contributed by atoms with Gasteiger partial charge in [-0.1, -0.05) is 18.2 Å². The fourth-order valence-corrected chi connectivity index (χ4v) is 4.46. The van der Waals surface area contributed by atoms with E-state index in [-0.39, 0.29) is 12.5 Å². The smallest absolute Gasteiger partial charge is 0.251 e. The highest BCUT2D eigenvalue weighted by Crippen LogP contribution is 2.32. The van der Waals surface area contributed by atoms with E-state index in [1.807, 2.05) is 53.3 Å². The van der Waals surface area contributed by atoms with Crippen molar-refractivity contribution < 1.29 is 14.6 Å². The Morgan fingerprint density at radius 1 is 1.06 bits per heavy atom. The zero-order valence-electron chi connectivity index (χ0n) is 20.2. The molecule has 1 aliphatic rings. The van der Waals surface area contributed by atoms with Crippen molar-refractivity contribution >= 4 is 28.4 Å². The molecule has 0 radical (unpaired) electrons. The van der Waals surface area contributed by atoms with Crippen LogP contribution >= 0.6 is 0 Å². The van der Waals surface area contributed by atoms with Crippen molar-refractivity contribution in [3.8, 4) is 11.4 Å². The van der Waals surface area contributed by atoms with Crippen molar-refractivity contribution in [2.75, 3.05) is 56.2 Å². The van der Waals surface area contributed by atoms with E-state index in [1.165, 1.54) is 0 Å². The van der Waals surface area contributed by atoms with Crippen molar-refractivity contribution in [2.45, 2.75) is 6.42 Å². The Kier molecular flexibility index (Phi) is 6.94. The fraction of sp³-hybridized carbons (Fsp3) is 0.308. The van der Waals surface area contributed by atoms with Gasteiger partial charge in [-0.2, -0.15) is 5.10 Å². The predicted octanol–water partition coefficient (Wildman–Crippen LogP) is 2.26. The summed E-state index contributed by atoms with van der Waals surface area (Å²) in [5, 5.41) is 17.3. The monoisotopic (exact) mass is 487 g/mol. The minimum atomic E-state index is -0.162. The first kappa shape index (κ1) is 23.6. The Morgan fingerprint density at radius 2 is 1.83 bits per heavy atom. The molecule has 36 heavy (non-hydrogen) atoms. The zero-order valence-corrected chi connectivity index (χ0v) is 20.2. The number of carbonyl (C=O) groups is 1. The lowest BCUT2D eigenvalue weighted by Crippen LogP contribution is -2.47. The maximum atomic E-state index is 12.5. The molecule has 5 rings (SSSR count). The summed E-state index contributed by atoms with van der Waals surface area (Å²) in [7, 11) is 1.64. The molecule has 186 valence electrons. The number of fused-ring (bicyclic) bond motifs is 1. The Balaban J connectivity index is 1.34. The number of para-hydroxylation sites is 1. The van der Waals surface area contributed by atoms with Crippen LogP contribution in [0.3, 0.4) is 0 Å². The summed E-state index contributed by atoms with van der Waals surface area (Å²) in [6.07, 6.45) is 3.94. The predicted molar refractivity (Wildman–Crippen MR) is 138 cm³/mol. The number of nitrogens with zero attached hydrogens (tertiary/aromatic N) is 6. The third kappa shape index (κ3) is 4.67. The molecule has 3 heterocycles. The third-order valence-electron chi connectivity index (χ3n) is 6.33. The van der Waals surface area contributed by atoms with Gasteiger partial charge in [-0.3, -0.25) is 4.79 Å². The van der Waals surface area contributed by atoms with E-state index in [1.54, 1.807) is 19.5 Å². The number of rotatable bonds is 8. The third-order valence-corrected chi connectivity index (χ3v) is 6.33. The Morgan fingerprint density at radius 3 is 2.58 bits per heavy atom. The van der Waals surface area contributed by atoms with E-state index in [9.17, 15) is 4.79 Å². The van der Waals surface area contributed by atoms with Crippen molar-refractivity contribution in [1.82, 2.24) is 25.1 Å². The van der Waals surface area contributed by atoms with E-state index in [2.05, 4.69) is 30.2 Å². The Labute approximate surface area is 209 Å². The second-order valence-electron chi connectivity index (χ2n) is 8.52. The molecular weight excluding hydrogens is 458 g/mol. The summed E-state index contributed by atoms with van der Waals surface area (Å²) in [5.74, 6) is 1.43. The van der Waals surface area contributed by atoms with Crippen molar-refractivity contribution in [2.24, 2.45) is 0 Å². The number of hydrogen-bond acceptors (Lipinski definition) is 8. The molecule has 0 bridgehead atoms. The average Bonchev–Trinajstić information content (AvgIpc) is 3.38. The Bertz CT molecular complexity index is 1330. The maximum Gasteiger partial charge on any atom is 0.251 e. The van der Waals surface area contributed by atoms with E-state index in [4.69, 9.17) is 9.84 Å². The number of methoxy groups -OCH3 is 1. The van der Waals surface area contributed by atoms with Gasteiger partial charge in [0.1, 0.15) is 17.9 Å². The van der Waals surface area contributed by atoms with Gasteiger partial charge in [0, 0.05) is 44.9 Å². The number of aliphatic hydroxyl groups is 1. The Hall–Kier alpha value is -4.18. The molecule has 1 saturated heterocycles. The van der Waals surface area contributed by atoms with Crippen molar-refractivity contribution in [1.29, 1.82) is 0 Å². The molecule has 1 amide bonds. The topological polar surface area (TPSA) is 109 Å². The van der Waals surface area contributed by atoms with Crippen LogP contribution < -0.4 is 19.9 Å². The number of piperazine rings is 1. The first-order valence-corrected chi connectivity index (χ1v) is 12.0. The summed E-state index contributed by atoms with van der Waals surface area (Å²) in [6, 6.07) is 15.4. The van der Waals surface area contributed by atoms with Gasteiger partial charge in [0.05, 0.1) is 30.1 Å². The molecule has 1 fully saturated rings. The van der Waals surface area contributed by atoms with Crippen LogP contribution in [0.1, 0.15) is 16.8 Å². The van der Waals surface area contributed by atoms with Crippen LogP contribution in [-0.2, 0) is 0 Å². The molecule has 4 aromatic rings. The molecule has 0 saturated carbocycles. The first-order chi connectivity index (χ1) is 17.7. The van der Waals surface area contributed by atoms with E-state index < -0.39 is 0 Å². The highest BCUT2D eigenvalue weighted by Gasteiger charge is 2.24. The minimum absolute atomic E-state index is 0.0457. The van der Waals surface area contributed by atoms with Crippen LogP contribution in [0.2, 0.25) is 0 Å². The van der Waals surface area contributed by atoms with Gasteiger partial charge >= 0.3 is 0 Å². The zero-order chi connectivity index (χ0) is 24.9.